The molecule has 0 radical (unpaired) electrons. The summed E-state index contributed by atoms with van der Waals surface area (Å²) >= 11 is 5.83. The summed E-state index contributed by atoms with van der Waals surface area (Å²) in [5.74, 6) is -0.144. The fourth-order valence-electron chi connectivity index (χ4n) is 2.76. The van der Waals surface area contributed by atoms with Crippen LogP contribution in [-0.4, -0.2) is 43.9 Å². The van der Waals surface area contributed by atoms with E-state index in [4.69, 9.17) is 11.6 Å². The Kier molecular flexibility index (Phi) is 6.88. The van der Waals surface area contributed by atoms with Crippen molar-refractivity contribution in [1.29, 1.82) is 0 Å². The first-order valence-electron chi connectivity index (χ1n) is 8.48. The van der Waals surface area contributed by atoms with E-state index in [1.165, 1.54) is 0 Å². The van der Waals surface area contributed by atoms with E-state index in [0.29, 0.717) is 23.6 Å². The third kappa shape index (κ3) is 6.49. The van der Waals surface area contributed by atoms with E-state index in [1.54, 1.807) is 24.3 Å². The second-order valence-electron chi connectivity index (χ2n) is 6.90. The Bertz CT molecular complexity index is 750. The molecule has 1 aromatic rings. The van der Waals surface area contributed by atoms with Crippen molar-refractivity contribution in [3.8, 4) is 0 Å². The molecule has 9 heteroatoms. The normalized spacial score (nSPS) is 19.8. The van der Waals surface area contributed by atoms with E-state index >= 15 is 0 Å². The van der Waals surface area contributed by atoms with Gasteiger partial charge in [0.2, 0.25) is 5.91 Å². The van der Waals surface area contributed by atoms with Gasteiger partial charge in [0.1, 0.15) is 6.04 Å². The Morgan fingerprint density at radius 3 is 2.42 bits per heavy atom. The molecule has 1 aliphatic heterocycles. The van der Waals surface area contributed by atoms with Crippen LogP contribution in [0.3, 0.4) is 0 Å². The van der Waals surface area contributed by atoms with Crippen LogP contribution in [0.25, 0.3) is 0 Å². The number of hydrogen-bond donors (Lipinski definition) is 3. The van der Waals surface area contributed by atoms with Gasteiger partial charge in [-0.25, -0.2) is 13.2 Å². The first kappa shape index (κ1) is 20.5. The Balaban J connectivity index is 1.96. The van der Waals surface area contributed by atoms with Crippen molar-refractivity contribution in [2.45, 2.75) is 38.8 Å². The topological polar surface area (TPSA) is 104 Å². The quantitative estimate of drug-likeness (QED) is 0.679. The molecular formula is C17H24ClN3O4S. The summed E-state index contributed by atoms with van der Waals surface area (Å²) in [6.45, 7) is 3.90. The van der Waals surface area contributed by atoms with Crippen molar-refractivity contribution in [1.82, 2.24) is 10.6 Å². The van der Waals surface area contributed by atoms with Crippen molar-refractivity contribution in [2.24, 2.45) is 5.92 Å². The lowest BCUT2D eigenvalue weighted by molar-refractivity contribution is -0.118. The molecule has 2 rings (SSSR count). The highest BCUT2D eigenvalue weighted by molar-refractivity contribution is 7.91. The van der Waals surface area contributed by atoms with Crippen LogP contribution in [0.4, 0.5) is 10.5 Å². The number of benzene rings is 1. The number of amides is 3. The molecule has 7 nitrogen and oxygen atoms in total. The predicted molar refractivity (Wildman–Crippen MR) is 102 cm³/mol. The average molecular weight is 402 g/mol. The third-order valence-electron chi connectivity index (χ3n) is 4.01. The second-order valence-corrected chi connectivity index (χ2v) is 9.56. The number of hydrogen-bond acceptors (Lipinski definition) is 4. The fourth-order valence-corrected chi connectivity index (χ4v) is 4.56. The zero-order valence-corrected chi connectivity index (χ0v) is 16.4. The summed E-state index contributed by atoms with van der Waals surface area (Å²) < 4.78 is 23.0. The van der Waals surface area contributed by atoms with E-state index in [2.05, 4.69) is 16.0 Å². The molecule has 0 aromatic heterocycles. The maximum atomic E-state index is 12.5. The minimum atomic E-state index is -3.08. The highest BCUT2D eigenvalue weighted by Crippen LogP contribution is 2.15. The van der Waals surface area contributed by atoms with Gasteiger partial charge in [-0.05, 0) is 43.0 Å². The first-order chi connectivity index (χ1) is 12.1. The Hall–Kier alpha value is -1.80. The van der Waals surface area contributed by atoms with Crippen LogP contribution in [0.5, 0.6) is 0 Å². The molecule has 1 fully saturated rings. The predicted octanol–water partition coefficient (Wildman–Crippen LogP) is 2.18. The minimum absolute atomic E-state index is 0.0633. The fraction of sp³-hybridized carbons (Fsp3) is 0.529. The highest BCUT2D eigenvalue weighted by atomic mass is 35.5. The summed E-state index contributed by atoms with van der Waals surface area (Å²) in [5.41, 5.74) is 0.581. The number of halogens is 1. The van der Waals surface area contributed by atoms with Crippen LogP contribution >= 0.6 is 11.6 Å². The summed E-state index contributed by atoms with van der Waals surface area (Å²) in [6.07, 6.45) is 0.845. The summed E-state index contributed by atoms with van der Waals surface area (Å²) in [6, 6.07) is 4.99. The Labute approximate surface area is 158 Å². The van der Waals surface area contributed by atoms with Gasteiger partial charge in [-0.2, -0.15) is 0 Å². The van der Waals surface area contributed by atoms with Gasteiger partial charge in [-0.3, -0.25) is 4.79 Å². The summed E-state index contributed by atoms with van der Waals surface area (Å²) in [7, 11) is -3.08. The molecule has 0 spiro atoms. The van der Waals surface area contributed by atoms with Crippen molar-refractivity contribution in [3.63, 3.8) is 0 Å². The molecular weight excluding hydrogens is 378 g/mol. The number of sulfone groups is 1. The van der Waals surface area contributed by atoms with Gasteiger partial charge in [-0.1, -0.05) is 25.4 Å². The average Bonchev–Trinajstić information content (AvgIpc) is 2.87. The number of carbonyl (C=O) groups excluding carboxylic acids is 2. The number of anilines is 1. The van der Waals surface area contributed by atoms with Crippen molar-refractivity contribution >= 4 is 39.1 Å². The monoisotopic (exact) mass is 401 g/mol. The van der Waals surface area contributed by atoms with Gasteiger partial charge in [-0.15, -0.1) is 0 Å². The van der Waals surface area contributed by atoms with Crippen LogP contribution < -0.4 is 16.0 Å². The van der Waals surface area contributed by atoms with Gasteiger partial charge in [0.15, 0.2) is 9.84 Å². The van der Waals surface area contributed by atoms with Crippen molar-refractivity contribution < 1.29 is 18.0 Å². The molecule has 2 atom stereocenters. The Morgan fingerprint density at radius 2 is 1.88 bits per heavy atom. The van der Waals surface area contributed by atoms with Crippen LogP contribution in [0.2, 0.25) is 5.02 Å². The minimum Gasteiger partial charge on any atom is -0.334 e. The molecule has 1 saturated heterocycles. The number of carbonyl (C=O) groups is 2. The molecule has 144 valence electrons. The lowest BCUT2D eigenvalue weighted by Crippen LogP contribution is -2.51. The molecule has 0 saturated carbocycles. The van der Waals surface area contributed by atoms with E-state index < -0.39 is 28.0 Å². The highest BCUT2D eigenvalue weighted by Gasteiger charge is 2.30. The number of urea groups is 1. The van der Waals surface area contributed by atoms with Gasteiger partial charge < -0.3 is 16.0 Å². The largest absolute Gasteiger partial charge is 0.334 e. The van der Waals surface area contributed by atoms with Crippen LogP contribution in [0, 0.1) is 5.92 Å². The molecule has 0 unspecified atom stereocenters. The van der Waals surface area contributed by atoms with E-state index in [1.807, 2.05) is 13.8 Å². The van der Waals surface area contributed by atoms with Gasteiger partial charge in [0, 0.05) is 16.8 Å². The standard InChI is InChI=1S/C17H24ClN3O4S/c1-11(2)9-15(16(22)19-13-5-3-12(18)4-6-13)21-17(23)20-14-7-8-26(24,25)10-14/h3-6,11,14-15H,7-10H2,1-2H3,(H,19,22)(H2,20,21,23)/t14-,15-/m0/s1. The molecule has 3 N–H and O–H groups in total. The van der Waals surface area contributed by atoms with Crippen molar-refractivity contribution in [2.75, 3.05) is 16.8 Å². The van der Waals surface area contributed by atoms with Crippen LogP contribution in [-0.2, 0) is 14.6 Å². The number of rotatable bonds is 6. The van der Waals surface area contributed by atoms with Crippen LogP contribution in [0.15, 0.2) is 24.3 Å². The lowest BCUT2D eigenvalue weighted by Gasteiger charge is -2.21. The maximum absolute atomic E-state index is 12.5. The Morgan fingerprint density at radius 1 is 1.23 bits per heavy atom. The molecule has 1 aliphatic rings. The SMILES string of the molecule is CC(C)C[C@H](NC(=O)N[C@H]1CCS(=O)(=O)C1)C(=O)Nc1ccc(Cl)cc1. The van der Waals surface area contributed by atoms with E-state index in [0.717, 1.165) is 0 Å². The molecule has 0 aliphatic carbocycles. The first-order valence-corrected chi connectivity index (χ1v) is 10.7. The van der Waals surface area contributed by atoms with Gasteiger partial charge in [0.25, 0.3) is 0 Å². The van der Waals surface area contributed by atoms with E-state index in [9.17, 15) is 18.0 Å². The van der Waals surface area contributed by atoms with Crippen molar-refractivity contribution in [3.05, 3.63) is 29.3 Å². The zero-order valence-electron chi connectivity index (χ0n) is 14.8. The molecule has 1 heterocycles. The molecule has 0 bridgehead atoms. The summed E-state index contributed by atoms with van der Waals surface area (Å²) in [5, 5.41) is 8.60. The van der Waals surface area contributed by atoms with Gasteiger partial charge >= 0.3 is 6.03 Å². The summed E-state index contributed by atoms with van der Waals surface area (Å²) in [4.78, 5) is 24.7. The van der Waals surface area contributed by atoms with E-state index in [-0.39, 0.29) is 23.3 Å². The second kappa shape index (κ2) is 8.73. The van der Waals surface area contributed by atoms with Crippen LogP contribution in [0.1, 0.15) is 26.7 Å². The third-order valence-corrected chi connectivity index (χ3v) is 6.03. The molecule has 3 amide bonds. The molecule has 26 heavy (non-hydrogen) atoms. The maximum Gasteiger partial charge on any atom is 0.315 e. The zero-order chi connectivity index (χ0) is 19.3. The smallest absolute Gasteiger partial charge is 0.315 e. The van der Waals surface area contributed by atoms with Gasteiger partial charge in [0.05, 0.1) is 11.5 Å². The molecule has 1 aromatic carbocycles. The number of nitrogens with one attached hydrogen (secondary N) is 3. The lowest BCUT2D eigenvalue weighted by atomic mass is 10.0.